The third-order valence-corrected chi connectivity index (χ3v) is 15.1. The summed E-state index contributed by atoms with van der Waals surface area (Å²) in [5.74, 6) is 1.62. The number of benzene rings is 8. The van der Waals surface area contributed by atoms with Crippen molar-refractivity contribution in [3.63, 3.8) is 0 Å². The fourth-order valence-corrected chi connectivity index (χ4v) is 12.7. The Morgan fingerprint density at radius 1 is 0.409 bits per heavy atom. The van der Waals surface area contributed by atoms with Crippen molar-refractivity contribution in [3.05, 3.63) is 235 Å². The van der Waals surface area contributed by atoms with E-state index in [0.717, 1.165) is 73.5 Å². The van der Waals surface area contributed by atoms with E-state index in [-0.39, 0.29) is 0 Å². The van der Waals surface area contributed by atoms with Crippen molar-refractivity contribution in [2.24, 2.45) is 0 Å². The van der Waals surface area contributed by atoms with Gasteiger partial charge in [-0.25, -0.2) is 0 Å². The third-order valence-electron chi connectivity index (χ3n) is 14.0. The van der Waals surface area contributed by atoms with Gasteiger partial charge < -0.3 is 18.8 Å². The van der Waals surface area contributed by atoms with Crippen LogP contribution in [0.3, 0.4) is 0 Å². The monoisotopic (exact) mass is 861 g/mol. The number of hydrogen-bond donors (Lipinski definition) is 0. The highest BCUT2D eigenvalue weighted by molar-refractivity contribution is 7.99. The van der Waals surface area contributed by atoms with E-state index in [1.54, 1.807) is 0 Å². The quantitative estimate of drug-likeness (QED) is 0.177. The molecule has 308 valence electrons. The standard InChI is InChI=1S/C59H35N5OS/c1-5-20-45-38(15-1)39-16-2-6-21-46(39)62(45)36-30-31-42-55(34-36)66-54-29-13-26-51(64-49-24-9-11-27-52(49)65-53-28-12-10-25-50(53)64)56(54)59(42)43-19-14-32-60-57(43)58-44(59)33-37(35-61-58)63-47-22-7-3-17-40(47)41-18-4-8-23-48(41)63/h1-35H. The van der Waals surface area contributed by atoms with Crippen LogP contribution in [-0.2, 0) is 5.41 Å². The van der Waals surface area contributed by atoms with Crippen molar-refractivity contribution in [1.82, 2.24) is 19.1 Å². The van der Waals surface area contributed by atoms with E-state index in [2.05, 4.69) is 202 Å². The van der Waals surface area contributed by atoms with Gasteiger partial charge in [0.05, 0.1) is 67.8 Å². The van der Waals surface area contributed by atoms with Crippen LogP contribution in [0.2, 0.25) is 0 Å². The van der Waals surface area contributed by atoms with Gasteiger partial charge in [-0.1, -0.05) is 127 Å². The molecule has 0 saturated carbocycles. The van der Waals surface area contributed by atoms with Crippen molar-refractivity contribution in [2.75, 3.05) is 4.90 Å². The van der Waals surface area contributed by atoms with E-state index in [9.17, 15) is 0 Å². The normalized spacial score (nSPS) is 15.4. The Balaban J connectivity index is 1.07. The third kappa shape index (κ3) is 4.66. The summed E-state index contributed by atoms with van der Waals surface area (Å²) in [6.07, 6.45) is 3.95. The van der Waals surface area contributed by atoms with Crippen LogP contribution in [0.25, 0.3) is 66.4 Å². The second-order valence-corrected chi connectivity index (χ2v) is 18.4. The minimum atomic E-state index is -0.839. The lowest BCUT2D eigenvalue weighted by Crippen LogP contribution is -2.34. The van der Waals surface area contributed by atoms with Crippen LogP contribution < -0.4 is 9.64 Å². The number of hydrogen-bond acceptors (Lipinski definition) is 5. The van der Waals surface area contributed by atoms with E-state index in [0.29, 0.717) is 0 Å². The summed E-state index contributed by atoms with van der Waals surface area (Å²) >= 11 is 1.84. The van der Waals surface area contributed by atoms with E-state index < -0.39 is 5.41 Å². The van der Waals surface area contributed by atoms with Crippen molar-refractivity contribution in [1.29, 1.82) is 0 Å². The Hall–Kier alpha value is -8.39. The predicted molar refractivity (Wildman–Crippen MR) is 267 cm³/mol. The Morgan fingerprint density at radius 2 is 0.955 bits per heavy atom. The van der Waals surface area contributed by atoms with Gasteiger partial charge in [-0.05, 0) is 96.1 Å². The van der Waals surface area contributed by atoms with Gasteiger partial charge in [0.25, 0.3) is 0 Å². The van der Waals surface area contributed by atoms with Gasteiger partial charge in [0.1, 0.15) is 0 Å². The van der Waals surface area contributed by atoms with Gasteiger partial charge >= 0.3 is 0 Å². The minimum Gasteiger partial charge on any atom is -0.453 e. The first-order valence-electron chi connectivity index (χ1n) is 22.3. The molecule has 6 heterocycles. The van der Waals surface area contributed by atoms with Crippen LogP contribution in [0, 0.1) is 0 Å². The van der Waals surface area contributed by atoms with Crippen LogP contribution in [0.15, 0.2) is 222 Å². The lowest BCUT2D eigenvalue weighted by atomic mass is 9.67. The van der Waals surface area contributed by atoms with Crippen molar-refractivity contribution >= 4 is 72.4 Å². The Kier molecular flexibility index (Phi) is 7.27. The summed E-state index contributed by atoms with van der Waals surface area (Å²) in [6.45, 7) is 0. The van der Waals surface area contributed by atoms with Gasteiger partial charge in [-0.15, -0.1) is 0 Å². The molecule has 1 atom stereocenters. The molecule has 66 heavy (non-hydrogen) atoms. The van der Waals surface area contributed by atoms with Gasteiger partial charge in [0.2, 0.25) is 0 Å². The molecule has 0 bridgehead atoms. The summed E-state index contributed by atoms with van der Waals surface area (Å²) in [5, 5.41) is 4.90. The van der Waals surface area contributed by atoms with Crippen LogP contribution in [0.4, 0.5) is 17.1 Å². The van der Waals surface area contributed by atoms with E-state index in [4.69, 9.17) is 14.7 Å². The zero-order chi connectivity index (χ0) is 43.1. The first kappa shape index (κ1) is 36.0. The number of rotatable bonds is 3. The molecule has 12 aromatic rings. The molecule has 1 unspecified atom stereocenters. The first-order valence-corrected chi connectivity index (χ1v) is 23.1. The highest BCUT2D eigenvalue weighted by Crippen LogP contribution is 2.65. The van der Waals surface area contributed by atoms with Crippen LogP contribution in [-0.4, -0.2) is 19.1 Å². The van der Waals surface area contributed by atoms with E-state index in [1.807, 2.05) is 36.3 Å². The van der Waals surface area contributed by atoms with Gasteiger partial charge in [0.15, 0.2) is 11.5 Å². The minimum absolute atomic E-state index is 0.812. The zero-order valence-electron chi connectivity index (χ0n) is 35.3. The molecular formula is C59H35N5OS. The van der Waals surface area contributed by atoms with Gasteiger partial charge in [-0.3, -0.25) is 9.97 Å². The Morgan fingerprint density at radius 3 is 1.59 bits per heavy atom. The van der Waals surface area contributed by atoms with Crippen molar-refractivity contribution in [2.45, 2.75) is 15.2 Å². The molecule has 1 spiro atoms. The molecule has 7 heteroatoms. The number of ether oxygens (including phenoxy) is 1. The van der Waals surface area contributed by atoms with Crippen LogP contribution >= 0.6 is 11.8 Å². The smallest absolute Gasteiger partial charge is 0.151 e. The zero-order valence-corrected chi connectivity index (χ0v) is 36.1. The fraction of sp³-hybridized carbons (Fsp3) is 0.0169. The number of nitrogens with zero attached hydrogens (tertiary/aromatic N) is 5. The lowest BCUT2D eigenvalue weighted by molar-refractivity contribution is 0.476. The number of para-hydroxylation sites is 8. The first-order chi connectivity index (χ1) is 32.8. The molecule has 15 rings (SSSR count). The summed E-state index contributed by atoms with van der Waals surface area (Å²) < 4.78 is 11.4. The highest BCUT2D eigenvalue weighted by atomic mass is 32.2. The fourth-order valence-electron chi connectivity index (χ4n) is 11.5. The van der Waals surface area contributed by atoms with Crippen molar-refractivity contribution < 1.29 is 4.74 Å². The summed E-state index contributed by atoms with van der Waals surface area (Å²) in [7, 11) is 0. The van der Waals surface area contributed by atoms with Crippen LogP contribution in [0.5, 0.6) is 11.5 Å². The van der Waals surface area contributed by atoms with E-state index in [1.165, 1.54) is 53.5 Å². The molecule has 0 amide bonds. The second kappa shape index (κ2) is 13.3. The van der Waals surface area contributed by atoms with Crippen molar-refractivity contribution in [3.8, 4) is 34.3 Å². The Bertz CT molecular complexity index is 3900. The molecule has 0 radical (unpaired) electrons. The summed E-state index contributed by atoms with van der Waals surface area (Å²) in [4.78, 5) is 15.5. The average Bonchev–Trinajstić information content (AvgIpc) is 4.00. The molecule has 6 nitrogen and oxygen atoms in total. The van der Waals surface area contributed by atoms with E-state index >= 15 is 0 Å². The molecule has 3 aliphatic rings. The summed E-state index contributed by atoms with van der Waals surface area (Å²) in [6, 6.07) is 72.3. The largest absolute Gasteiger partial charge is 0.453 e. The Labute approximate surface area is 383 Å². The number of anilines is 3. The maximum Gasteiger partial charge on any atom is 0.151 e. The predicted octanol–water partition coefficient (Wildman–Crippen LogP) is 15.1. The molecule has 0 N–H and O–H groups in total. The topological polar surface area (TPSA) is 48.1 Å². The summed E-state index contributed by atoms with van der Waals surface area (Å²) in [5.41, 5.74) is 15.4. The highest BCUT2D eigenvalue weighted by Gasteiger charge is 2.54. The average molecular weight is 862 g/mol. The molecule has 0 saturated heterocycles. The maximum atomic E-state index is 6.62. The molecular weight excluding hydrogens is 827 g/mol. The van der Waals surface area contributed by atoms with Crippen LogP contribution in [0.1, 0.15) is 22.3 Å². The molecule has 2 aliphatic heterocycles. The molecule has 8 aromatic carbocycles. The van der Waals surface area contributed by atoms with Gasteiger partial charge in [-0.2, -0.15) is 0 Å². The SMILES string of the molecule is c1ccc2c(c1)Oc1ccccc1N2c1cccc2c1C1(c3ccc(-n4c5ccccc5c5ccccc54)cc3S2)c2cccnc2-c2ncc(-n3c4ccccc4c4ccccc43)cc21. The molecule has 0 fully saturated rings. The number of fused-ring (bicyclic) bond motifs is 17. The number of aromatic nitrogens is 4. The van der Waals surface area contributed by atoms with Gasteiger partial charge in [0, 0.05) is 54.3 Å². The lowest BCUT2D eigenvalue weighted by Gasteiger charge is -2.43. The second-order valence-electron chi connectivity index (χ2n) is 17.3. The molecule has 4 aromatic heterocycles. The maximum absolute atomic E-state index is 6.62. The molecule has 1 aliphatic carbocycles. The number of pyridine rings is 2.